The first-order chi connectivity index (χ1) is 17.4. The third-order valence-electron chi connectivity index (χ3n) is 6.77. The molecule has 6 rings (SSSR count). The Balaban J connectivity index is 1.48. The third kappa shape index (κ3) is 3.92. The zero-order valence-electron chi connectivity index (χ0n) is 19.6. The summed E-state index contributed by atoms with van der Waals surface area (Å²) >= 11 is 18.9. The number of hydrogen-bond donors (Lipinski definition) is 0. The van der Waals surface area contributed by atoms with Crippen molar-refractivity contribution in [2.24, 2.45) is 0 Å². The predicted octanol–water partition coefficient (Wildman–Crippen LogP) is 8.25. The van der Waals surface area contributed by atoms with E-state index in [9.17, 15) is 0 Å². The van der Waals surface area contributed by atoms with Crippen LogP contribution in [0.2, 0.25) is 15.1 Å². The van der Waals surface area contributed by atoms with Gasteiger partial charge in [0.15, 0.2) is 5.69 Å². The number of rotatable bonds is 5. The zero-order valence-corrected chi connectivity index (χ0v) is 21.9. The molecular formula is C28H21Cl3N4O. The monoisotopic (exact) mass is 534 g/mol. The lowest BCUT2D eigenvalue weighted by atomic mass is 9.95. The van der Waals surface area contributed by atoms with Crippen LogP contribution in [0.3, 0.4) is 0 Å². The molecule has 2 heterocycles. The number of halogens is 3. The molecule has 36 heavy (non-hydrogen) atoms. The van der Waals surface area contributed by atoms with E-state index in [4.69, 9.17) is 44.3 Å². The molecule has 8 heteroatoms. The van der Waals surface area contributed by atoms with Gasteiger partial charge in [-0.2, -0.15) is 5.10 Å². The van der Waals surface area contributed by atoms with Crippen LogP contribution in [0.4, 0.5) is 0 Å². The van der Waals surface area contributed by atoms with Gasteiger partial charge in [0.1, 0.15) is 0 Å². The number of aromatic nitrogens is 4. The summed E-state index contributed by atoms with van der Waals surface area (Å²) in [6.07, 6.45) is 1.95. The van der Waals surface area contributed by atoms with Crippen molar-refractivity contribution in [2.75, 3.05) is 0 Å². The van der Waals surface area contributed by atoms with E-state index in [0.29, 0.717) is 38.2 Å². The molecule has 180 valence electrons. The van der Waals surface area contributed by atoms with Crippen LogP contribution in [0.25, 0.3) is 28.5 Å². The number of aryl methyl sites for hydroxylation is 1. The lowest BCUT2D eigenvalue weighted by molar-refractivity contribution is 0.470. The van der Waals surface area contributed by atoms with Crippen LogP contribution in [0.15, 0.2) is 71.1 Å². The zero-order chi connectivity index (χ0) is 25.0. The van der Waals surface area contributed by atoms with Crippen molar-refractivity contribution < 1.29 is 4.42 Å². The molecule has 1 fully saturated rings. The van der Waals surface area contributed by atoms with Gasteiger partial charge in [-0.05, 0) is 62.6 Å². The van der Waals surface area contributed by atoms with E-state index in [2.05, 4.69) is 41.4 Å². The Hall–Kier alpha value is -3.12. The molecule has 0 saturated heterocycles. The topological polar surface area (TPSA) is 56.7 Å². The summed E-state index contributed by atoms with van der Waals surface area (Å²) in [4.78, 5) is 0. The molecule has 0 amide bonds. The fourth-order valence-electron chi connectivity index (χ4n) is 4.61. The molecule has 1 saturated carbocycles. The van der Waals surface area contributed by atoms with Gasteiger partial charge in [0, 0.05) is 21.2 Å². The van der Waals surface area contributed by atoms with E-state index in [-0.39, 0.29) is 5.41 Å². The van der Waals surface area contributed by atoms with Gasteiger partial charge in [0.05, 0.1) is 21.8 Å². The normalized spacial score (nSPS) is 14.2. The average Bonchev–Trinajstić information content (AvgIpc) is 3.39. The molecule has 0 atom stereocenters. The molecule has 5 aromatic rings. The first kappa shape index (κ1) is 23.3. The van der Waals surface area contributed by atoms with Gasteiger partial charge in [0.25, 0.3) is 5.89 Å². The maximum Gasteiger partial charge on any atom is 0.268 e. The maximum absolute atomic E-state index is 6.59. The van der Waals surface area contributed by atoms with Crippen molar-refractivity contribution >= 4 is 34.8 Å². The Labute approximate surface area is 223 Å². The second kappa shape index (κ2) is 8.77. The minimum absolute atomic E-state index is 0.228. The van der Waals surface area contributed by atoms with Gasteiger partial charge in [-0.1, -0.05) is 76.8 Å². The van der Waals surface area contributed by atoms with Gasteiger partial charge in [-0.25, -0.2) is 4.68 Å². The van der Waals surface area contributed by atoms with Gasteiger partial charge >= 0.3 is 0 Å². The first-order valence-corrected chi connectivity index (χ1v) is 12.7. The molecule has 0 bridgehead atoms. The van der Waals surface area contributed by atoms with Crippen molar-refractivity contribution in [3.8, 4) is 28.5 Å². The van der Waals surface area contributed by atoms with Crippen molar-refractivity contribution in [3.63, 3.8) is 0 Å². The first-order valence-electron chi connectivity index (χ1n) is 11.6. The Kier molecular flexibility index (Phi) is 5.67. The van der Waals surface area contributed by atoms with Crippen LogP contribution in [-0.4, -0.2) is 20.0 Å². The van der Waals surface area contributed by atoms with Crippen molar-refractivity contribution in [1.29, 1.82) is 0 Å². The molecule has 0 radical (unpaired) electrons. The molecule has 2 aromatic heterocycles. The highest BCUT2D eigenvalue weighted by molar-refractivity contribution is 6.35. The molecule has 5 nitrogen and oxygen atoms in total. The fourth-order valence-corrected chi connectivity index (χ4v) is 5.22. The Bertz CT molecular complexity index is 1580. The maximum atomic E-state index is 6.59. The summed E-state index contributed by atoms with van der Waals surface area (Å²) in [6, 6.07) is 21.5. The van der Waals surface area contributed by atoms with Gasteiger partial charge in [-0.15, -0.1) is 10.2 Å². The predicted molar refractivity (Wildman–Crippen MR) is 143 cm³/mol. The summed E-state index contributed by atoms with van der Waals surface area (Å²) in [7, 11) is 0. The Morgan fingerprint density at radius 2 is 1.53 bits per heavy atom. The standard InChI is InChI=1S/C28H21Cl3N4O/c1-16-3-7-19(8-4-16)28(13-14-28)27-33-32-26(36-27)24-17(2)25(18-5-9-20(29)10-6-18)35(34-24)23-12-11-21(30)15-22(23)31/h3-12,15H,13-14H2,1-2H3. The molecule has 0 N–H and O–H groups in total. The lowest BCUT2D eigenvalue weighted by Crippen LogP contribution is -2.09. The minimum Gasteiger partial charge on any atom is -0.418 e. The Morgan fingerprint density at radius 3 is 2.19 bits per heavy atom. The quantitative estimate of drug-likeness (QED) is 0.227. The SMILES string of the molecule is Cc1ccc(C2(c3nnc(-c4nn(-c5ccc(Cl)cc5Cl)c(-c5ccc(Cl)cc5)c4C)o3)CC2)cc1. The molecule has 0 spiro atoms. The Morgan fingerprint density at radius 1 is 0.833 bits per heavy atom. The number of hydrogen-bond acceptors (Lipinski definition) is 4. The summed E-state index contributed by atoms with van der Waals surface area (Å²) in [5.74, 6) is 0.993. The molecule has 3 aromatic carbocycles. The van der Waals surface area contributed by atoms with Gasteiger partial charge < -0.3 is 4.42 Å². The van der Waals surface area contributed by atoms with E-state index >= 15 is 0 Å². The summed E-state index contributed by atoms with van der Waals surface area (Å²) < 4.78 is 8.09. The van der Waals surface area contributed by atoms with E-state index < -0.39 is 0 Å². The average molecular weight is 536 g/mol. The van der Waals surface area contributed by atoms with Crippen LogP contribution < -0.4 is 0 Å². The number of nitrogens with zero attached hydrogens (tertiary/aromatic N) is 4. The highest BCUT2D eigenvalue weighted by atomic mass is 35.5. The van der Waals surface area contributed by atoms with Crippen molar-refractivity contribution in [3.05, 3.63) is 104 Å². The highest BCUT2D eigenvalue weighted by Gasteiger charge is 2.51. The summed E-state index contributed by atoms with van der Waals surface area (Å²) in [5.41, 5.74) is 6.15. The van der Waals surface area contributed by atoms with E-state index in [1.165, 1.54) is 11.1 Å². The third-order valence-corrected chi connectivity index (χ3v) is 7.56. The van der Waals surface area contributed by atoms with Gasteiger partial charge in [-0.3, -0.25) is 0 Å². The molecular weight excluding hydrogens is 515 g/mol. The molecule has 0 unspecified atom stereocenters. The summed E-state index contributed by atoms with van der Waals surface area (Å²) in [6.45, 7) is 4.07. The van der Waals surface area contributed by atoms with Crippen LogP contribution in [0.1, 0.15) is 35.4 Å². The van der Waals surface area contributed by atoms with Crippen LogP contribution in [0, 0.1) is 13.8 Å². The largest absolute Gasteiger partial charge is 0.418 e. The smallest absolute Gasteiger partial charge is 0.268 e. The second-order valence-electron chi connectivity index (χ2n) is 9.20. The molecule has 1 aliphatic carbocycles. The molecule has 1 aliphatic rings. The lowest BCUT2D eigenvalue weighted by Gasteiger charge is -2.11. The van der Waals surface area contributed by atoms with Crippen LogP contribution >= 0.6 is 34.8 Å². The van der Waals surface area contributed by atoms with E-state index in [0.717, 1.165) is 29.7 Å². The highest BCUT2D eigenvalue weighted by Crippen LogP contribution is 2.53. The van der Waals surface area contributed by atoms with Crippen LogP contribution in [-0.2, 0) is 5.41 Å². The van der Waals surface area contributed by atoms with Crippen molar-refractivity contribution in [1.82, 2.24) is 20.0 Å². The van der Waals surface area contributed by atoms with E-state index in [1.54, 1.807) is 16.8 Å². The fraction of sp³-hybridized carbons (Fsp3) is 0.179. The number of benzene rings is 3. The second-order valence-corrected chi connectivity index (χ2v) is 10.5. The van der Waals surface area contributed by atoms with Gasteiger partial charge in [0.2, 0.25) is 5.89 Å². The van der Waals surface area contributed by atoms with Crippen molar-refractivity contribution in [2.45, 2.75) is 32.1 Å². The minimum atomic E-state index is -0.228. The molecule has 0 aliphatic heterocycles. The van der Waals surface area contributed by atoms with E-state index in [1.807, 2.05) is 37.3 Å². The summed E-state index contributed by atoms with van der Waals surface area (Å²) in [5, 5.41) is 15.5. The van der Waals surface area contributed by atoms with Crippen LogP contribution in [0.5, 0.6) is 0 Å².